The van der Waals surface area contributed by atoms with Crippen LogP contribution in [-0.2, 0) is 0 Å². The van der Waals surface area contributed by atoms with Crippen molar-refractivity contribution in [2.24, 2.45) is 0 Å². The Kier molecular flexibility index (Phi) is 10.8. The first kappa shape index (κ1) is 34.1. The zero-order valence-electron chi connectivity index (χ0n) is 29.4. The van der Waals surface area contributed by atoms with Crippen LogP contribution in [0.4, 0.5) is 11.4 Å². The van der Waals surface area contributed by atoms with Gasteiger partial charge < -0.3 is 9.80 Å². The van der Waals surface area contributed by atoms with Crippen molar-refractivity contribution in [2.75, 3.05) is 9.80 Å². The van der Waals surface area contributed by atoms with E-state index >= 15 is 0 Å². The van der Waals surface area contributed by atoms with Gasteiger partial charge in [0.15, 0.2) is 0 Å². The molecule has 0 fully saturated rings. The topological polar surface area (TPSA) is 12.5 Å². The normalized spacial score (nSPS) is 13.5. The van der Waals surface area contributed by atoms with Crippen molar-refractivity contribution in [2.45, 2.75) is 185 Å². The molecule has 0 aliphatic carbocycles. The molecule has 0 atom stereocenters. The molecule has 0 saturated carbocycles. The molecule has 5 heteroatoms. The Morgan fingerprint density at radius 2 is 0.692 bits per heavy atom. The summed E-state index contributed by atoms with van der Waals surface area (Å²) >= 11 is 0. The lowest BCUT2D eigenvalue weighted by Crippen LogP contribution is -2.42. The van der Waals surface area contributed by atoms with Gasteiger partial charge in [-0.25, -0.2) is 9.15 Å². The second-order valence-electron chi connectivity index (χ2n) is 15.0. The molecule has 4 nitrogen and oxygen atoms in total. The quantitative estimate of drug-likeness (QED) is 0.230. The Bertz CT molecular complexity index is 1010. The fraction of sp³-hybridized carbons (Fsp3) is 0.824. The lowest BCUT2D eigenvalue weighted by Gasteiger charge is -2.32. The summed E-state index contributed by atoms with van der Waals surface area (Å²) in [5.74, 6) is 0. The lowest BCUT2D eigenvalue weighted by atomic mass is 10.2. The summed E-state index contributed by atoms with van der Waals surface area (Å²) in [5, 5.41) is 6.55. The van der Waals surface area contributed by atoms with Gasteiger partial charge in [0.05, 0.1) is 10.6 Å². The van der Waals surface area contributed by atoms with Crippen molar-refractivity contribution in [1.29, 1.82) is 0 Å². The van der Waals surface area contributed by atoms with Gasteiger partial charge in [0, 0.05) is 24.2 Å². The number of nitrogens with zero attached hydrogens (tertiary/aromatic N) is 4. The molecule has 0 bridgehead atoms. The third-order valence-corrected chi connectivity index (χ3v) is 10.9. The van der Waals surface area contributed by atoms with E-state index in [0.29, 0.717) is 48.3 Å². The second-order valence-corrected chi connectivity index (χ2v) is 17.9. The largest absolute Gasteiger partial charge is 0.361 e. The predicted octanol–water partition coefficient (Wildman–Crippen LogP) is 6.09. The monoisotopic (exact) mass is 560 g/mol. The highest BCUT2D eigenvalue weighted by Gasteiger charge is 2.52. The van der Waals surface area contributed by atoms with E-state index in [1.807, 2.05) is 0 Å². The van der Waals surface area contributed by atoms with Crippen LogP contribution in [0.3, 0.4) is 0 Å². The Balaban J connectivity index is 3.14. The molecule has 2 aromatic carbocycles. The Labute approximate surface area is 244 Å². The molecule has 0 radical (unpaired) electrons. The zero-order chi connectivity index (χ0) is 30.5. The van der Waals surface area contributed by atoms with E-state index in [-0.39, 0.29) is 5.16 Å². The first-order chi connectivity index (χ1) is 17.7. The second kappa shape index (κ2) is 12.4. The summed E-state index contributed by atoms with van der Waals surface area (Å²) in [6, 6.07) is 3.72. The van der Waals surface area contributed by atoms with Gasteiger partial charge in [-0.3, -0.25) is 0 Å². The minimum atomic E-state index is -0.564. The smallest absolute Gasteiger partial charge is 0.235 e. The van der Waals surface area contributed by atoms with E-state index < -0.39 is 7.92 Å². The van der Waals surface area contributed by atoms with Crippen LogP contribution in [-0.4, -0.2) is 53.5 Å². The zero-order valence-corrected chi connectivity index (χ0v) is 30.2. The van der Waals surface area contributed by atoms with Crippen molar-refractivity contribution in [3.05, 3.63) is 10.7 Å². The summed E-state index contributed by atoms with van der Waals surface area (Å²) in [4.78, 5) is 5.41. The fourth-order valence-corrected chi connectivity index (χ4v) is 10.1. The first-order valence-corrected chi connectivity index (χ1v) is 17.2. The van der Waals surface area contributed by atoms with E-state index in [0.717, 1.165) is 0 Å². The van der Waals surface area contributed by atoms with Gasteiger partial charge in [-0.05, 0) is 124 Å². The minimum absolute atomic E-state index is 0.151. The van der Waals surface area contributed by atoms with Crippen LogP contribution in [0.15, 0.2) is 0 Å². The van der Waals surface area contributed by atoms with E-state index in [9.17, 15) is 0 Å². The molecule has 0 N–H and O–H groups in total. The summed E-state index contributed by atoms with van der Waals surface area (Å²) in [6.07, 6.45) is 0. The molecule has 0 saturated heterocycles. The molecular weight excluding hydrogens is 495 g/mol. The average molecular weight is 561 g/mol. The van der Waals surface area contributed by atoms with Crippen LogP contribution in [0.25, 0.3) is 0 Å². The molecule has 0 aliphatic heterocycles. The van der Waals surface area contributed by atoms with Crippen LogP contribution in [0.5, 0.6) is 0 Å². The van der Waals surface area contributed by atoms with Crippen LogP contribution in [0, 0.1) is 0 Å². The third-order valence-electron chi connectivity index (χ3n) is 7.82. The highest BCUT2D eigenvalue weighted by atomic mass is 31.1. The maximum absolute atomic E-state index is 2.71. The van der Waals surface area contributed by atoms with Crippen LogP contribution in [0.2, 0.25) is 0 Å². The summed E-state index contributed by atoms with van der Waals surface area (Å²) < 4.78 is 5.41. The van der Waals surface area contributed by atoms with E-state index in [4.69, 9.17) is 0 Å². The predicted molar refractivity (Wildman–Crippen MR) is 180 cm³/mol. The molecule has 0 spiro atoms. The van der Waals surface area contributed by atoms with Crippen LogP contribution < -0.4 is 40.3 Å². The molecular formula is C34H65N4P+2. The standard InChI is InChI=1S/C34H65N4P/c1-20(2)35(21(3)4)28-29(36(22(5)6)23(7)8)32(28)39(34(17,18)19)33-30(37(24(9)10)25(11)12)31(33)38(26(13)14)27(15)16/h20-27H,1-19H3/q+2. The van der Waals surface area contributed by atoms with Gasteiger partial charge in [0.25, 0.3) is 0 Å². The molecule has 0 heterocycles. The van der Waals surface area contributed by atoms with Crippen LogP contribution >= 0.6 is 7.92 Å². The Hall–Kier alpha value is -1.15. The lowest BCUT2D eigenvalue weighted by molar-refractivity contribution is 0.429. The fourth-order valence-electron chi connectivity index (χ4n) is 6.95. The molecule has 0 aromatic heterocycles. The third kappa shape index (κ3) is 6.85. The van der Waals surface area contributed by atoms with Gasteiger partial charge in [-0.2, -0.15) is 0 Å². The van der Waals surface area contributed by atoms with E-state index in [2.05, 4.69) is 151 Å². The Morgan fingerprint density at radius 3 is 0.846 bits per heavy atom. The van der Waals surface area contributed by atoms with Gasteiger partial charge >= 0.3 is 0 Å². The molecule has 2 aromatic rings. The molecule has 224 valence electrons. The minimum Gasteiger partial charge on any atom is -0.361 e. The van der Waals surface area contributed by atoms with Crippen molar-refractivity contribution in [3.63, 3.8) is 0 Å². The number of hydrogen-bond acceptors (Lipinski definition) is 2. The van der Waals surface area contributed by atoms with E-state index in [1.54, 1.807) is 32.7 Å². The average Bonchev–Trinajstić information content (AvgIpc) is 3.57. The van der Waals surface area contributed by atoms with Crippen LogP contribution in [0.1, 0.15) is 132 Å². The highest BCUT2D eigenvalue weighted by molar-refractivity contribution is 7.76. The van der Waals surface area contributed by atoms with Crippen molar-refractivity contribution >= 4 is 29.9 Å². The molecule has 0 amide bonds. The first-order valence-electron chi connectivity index (χ1n) is 15.9. The van der Waals surface area contributed by atoms with Crippen molar-refractivity contribution < 1.29 is 0 Å². The van der Waals surface area contributed by atoms with Crippen molar-refractivity contribution in [1.82, 2.24) is 9.15 Å². The van der Waals surface area contributed by atoms with Gasteiger partial charge in [-0.15, -0.1) is 0 Å². The number of anilines is 2. The molecule has 0 aliphatic rings. The summed E-state index contributed by atoms with van der Waals surface area (Å²) in [7, 11) is -0.564. The molecule has 0 unspecified atom stereocenters. The Morgan fingerprint density at radius 1 is 0.462 bits per heavy atom. The maximum atomic E-state index is 2.71. The SMILES string of the molecule is CC(C)N(c1c(P(c2c(N(C(C)C)C(C)C)c2=[N+](C(C)C)C(C)C)C(C)(C)C)c1=[N+](C(C)C)C(C)C)C(C)C. The highest BCUT2D eigenvalue weighted by Crippen LogP contribution is 2.53. The molecule has 39 heavy (non-hydrogen) atoms. The van der Waals surface area contributed by atoms with E-state index in [1.165, 1.54) is 0 Å². The van der Waals surface area contributed by atoms with Gasteiger partial charge in [-0.1, -0.05) is 20.8 Å². The number of hydrogen-bond donors (Lipinski definition) is 0. The van der Waals surface area contributed by atoms with Crippen molar-refractivity contribution in [3.8, 4) is 0 Å². The van der Waals surface area contributed by atoms with Gasteiger partial charge in [0.2, 0.25) is 10.7 Å². The summed E-state index contributed by atoms with van der Waals surface area (Å²) in [5.41, 5.74) is 3.09. The number of rotatable bonds is 12. The molecule has 2 rings (SSSR count). The van der Waals surface area contributed by atoms with Gasteiger partial charge in [0.1, 0.15) is 35.5 Å². The summed E-state index contributed by atoms with van der Waals surface area (Å²) in [6.45, 7) is 45.4. The maximum Gasteiger partial charge on any atom is 0.235 e.